The highest BCUT2D eigenvalue weighted by atomic mass is 16.7. The average molecular weight is 188 g/mol. The van der Waals surface area contributed by atoms with E-state index in [0.29, 0.717) is 0 Å². The molecule has 0 heterocycles. The summed E-state index contributed by atoms with van der Waals surface area (Å²) in [6.45, 7) is 4.81. The minimum Gasteiger partial charge on any atom is -0.464 e. The predicted octanol–water partition coefficient (Wildman–Crippen LogP) is 0.251. The Morgan fingerprint density at radius 3 is 2.15 bits per heavy atom. The molecule has 0 aromatic rings. The molecule has 0 bridgehead atoms. The second-order valence-corrected chi connectivity index (χ2v) is 2.28. The van der Waals surface area contributed by atoms with Gasteiger partial charge in [0.1, 0.15) is 0 Å². The first-order valence-corrected chi connectivity index (χ1v) is 3.50. The van der Waals surface area contributed by atoms with Crippen molar-refractivity contribution < 1.29 is 23.8 Å². The Kier molecular flexibility index (Phi) is 4.76. The van der Waals surface area contributed by atoms with Gasteiger partial charge in [-0.1, -0.05) is 6.58 Å². The molecule has 0 saturated heterocycles. The lowest BCUT2D eigenvalue weighted by Crippen LogP contribution is -2.30. The van der Waals surface area contributed by atoms with Gasteiger partial charge in [-0.15, -0.1) is 0 Å². The Morgan fingerprint density at radius 2 is 1.85 bits per heavy atom. The Morgan fingerprint density at radius 1 is 1.31 bits per heavy atom. The van der Waals surface area contributed by atoms with Crippen molar-refractivity contribution in [3.05, 3.63) is 12.2 Å². The molecular formula is C8H12O5. The van der Waals surface area contributed by atoms with Gasteiger partial charge in [-0.25, -0.2) is 9.59 Å². The fourth-order valence-corrected chi connectivity index (χ4v) is 0.486. The number of rotatable bonds is 4. The standard InChI is InChI=1S/C8H12O5/c1-5(2)6(9)13-8(12-4)7(10)11-3/h8H,1H2,2-4H3. The lowest BCUT2D eigenvalue weighted by molar-refractivity contribution is -0.191. The lowest BCUT2D eigenvalue weighted by atomic mass is 10.4. The molecule has 0 rings (SSSR count). The topological polar surface area (TPSA) is 61.8 Å². The van der Waals surface area contributed by atoms with Gasteiger partial charge in [0.25, 0.3) is 0 Å². The summed E-state index contributed by atoms with van der Waals surface area (Å²) in [5.74, 6) is -1.46. The van der Waals surface area contributed by atoms with Crippen molar-refractivity contribution in [3.63, 3.8) is 0 Å². The van der Waals surface area contributed by atoms with E-state index in [4.69, 9.17) is 0 Å². The van der Waals surface area contributed by atoms with E-state index in [-0.39, 0.29) is 5.57 Å². The number of hydrogen-bond acceptors (Lipinski definition) is 5. The van der Waals surface area contributed by atoms with Crippen LogP contribution in [-0.2, 0) is 23.8 Å². The molecule has 0 aromatic heterocycles. The van der Waals surface area contributed by atoms with Gasteiger partial charge >= 0.3 is 18.2 Å². The quantitative estimate of drug-likeness (QED) is 0.359. The van der Waals surface area contributed by atoms with E-state index in [0.717, 1.165) is 0 Å². The van der Waals surface area contributed by atoms with Gasteiger partial charge in [0.15, 0.2) is 0 Å². The third-order valence-corrected chi connectivity index (χ3v) is 1.17. The molecule has 0 spiro atoms. The van der Waals surface area contributed by atoms with Crippen molar-refractivity contribution in [2.24, 2.45) is 0 Å². The normalized spacial score (nSPS) is 11.6. The second kappa shape index (κ2) is 5.31. The van der Waals surface area contributed by atoms with Gasteiger partial charge in [0.05, 0.1) is 7.11 Å². The van der Waals surface area contributed by atoms with E-state index in [1.807, 2.05) is 0 Å². The van der Waals surface area contributed by atoms with E-state index >= 15 is 0 Å². The molecule has 0 aliphatic carbocycles. The van der Waals surface area contributed by atoms with E-state index in [9.17, 15) is 9.59 Å². The van der Waals surface area contributed by atoms with E-state index in [2.05, 4.69) is 20.8 Å². The largest absolute Gasteiger partial charge is 0.464 e. The molecule has 0 aliphatic heterocycles. The number of carbonyl (C=O) groups is 2. The summed E-state index contributed by atoms with van der Waals surface area (Å²) in [6.07, 6.45) is -1.32. The Labute approximate surface area is 76.3 Å². The van der Waals surface area contributed by atoms with Crippen molar-refractivity contribution in [3.8, 4) is 0 Å². The summed E-state index contributed by atoms with van der Waals surface area (Å²) in [4.78, 5) is 21.8. The van der Waals surface area contributed by atoms with Crippen molar-refractivity contribution in [2.45, 2.75) is 13.2 Å². The van der Waals surface area contributed by atoms with Crippen LogP contribution in [0.4, 0.5) is 0 Å². The molecule has 0 N–H and O–H groups in total. The number of carbonyl (C=O) groups excluding carboxylic acids is 2. The zero-order valence-corrected chi connectivity index (χ0v) is 7.83. The molecule has 5 nitrogen and oxygen atoms in total. The molecule has 1 unspecified atom stereocenters. The van der Waals surface area contributed by atoms with Gasteiger partial charge < -0.3 is 14.2 Å². The highest BCUT2D eigenvalue weighted by molar-refractivity contribution is 5.89. The van der Waals surface area contributed by atoms with Gasteiger partial charge in [0, 0.05) is 12.7 Å². The third-order valence-electron chi connectivity index (χ3n) is 1.17. The lowest BCUT2D eigenvalue weighted by Gasteiger charge is -2.12. The summed E-state index contributed by atoms with van der Waals surface area (Å²) < 4.78 is 13.5. The van der Waals surface area contributed by atoms with Crippen LogP contribution in [0.5, 0.6) is 0 Å². The average Bonchev–Trinajstić information content (AvgIpc) is 2.12. The van der Waals surface area contributed by atoms with Crippen LogP contribution in [0.15, 0.2) is 12.2 Å². The summed E-state index contributed by atoms with van der Waals surface area (Å²) in [7, 11) is 2.40. The first-order chi connectivity index (χ1) is 6.02. The highest BCUT2D eigenvalue weighted by Gasteiger charge is 2.23. The van der Waals surface area contributed by atoms with Crippen LogP contribution in [0.1, 0.15) is 6.92 Å². The first-order valence-electron chi connectivity index (χ1n) is 3.50. The molecule has 0 saturated carbocycles. The zero-order valence-electron chi connectivity index (χ0n) is 7.83. The molecule has 0 fully saturated rings. The van der Waals surface area contributed by atoms with Crippen LogP contribution in [0.2, 0.25) is 0 Å². The van der Waals surface area contributed by atoms with Crippen LogP contribution in [-0.4, -0.2) is 32.4 Å². The number of hydrogen-bond donors (Lipinski definition) is 0. The molecule has 74 valence electrons. The number of ether oxygens (including phenoxy) is 3. The minimum atomic E-state index is -1.32. The zero-order chi connectivity index (χ0) is 10.4. The summed E-state index contributed by atoms with van der Waals surface area (Å²) >= 11 is 0. The van der Waals surface area contributed by atoms with Crippen LogP contribution < -0.4 is 0 Å². The molecule has 1 atom stereocenters. The van der Waals surface area contributed by atoms with E-state index in [1.165, 1.54) is 21.1 Å². The van der Waals surface area contributed by atoms with E-state index in [1.54, 1.807) is 0 Å². The molecule has 0 radical (unpaired) electrons. The Bertz CT molecular complexity index is 221. The fraction of sp³-hybridized carbons (Fsp3) is 0.500. The van der Waals surface area contributed by atoms with Crippen LogP contribution in [0.3, 0.4) is 0 Å². The van der Waals surface area contributed by atoms with Crippen LogP contribution >= 0.6 is 0 Å². The van der Waals surface area contributed by atoms with Crippen molar-refractivity contribution >= 4 is 11.9 Å². The summed E-state index contributed by atoms with van der Waals surface area (Å²) in [5.41, 5.74) is 0.186. The monoisotopic (exact) mass is 188 g/mol. The van der Waals surface area contributed by atoms with Gasteiger partial charge in [-0.3, -0.25) is 0 Å². The molecule has 0 aliphatic rings. The van der Waals surface area contributed by atoms with Gasteiger partial charge in [-0.05, 0) is 6.92 Å². The Hall–Kier alpha value is -1.36. The SMILES string of the molecule is C=C(C)C(=O)OC(OC)C(=O)OC. The smallest absolute Gasteiger partial charge is 0.376 e. The molecule has 13 heavy (non-hydrogen) atoms. The Balaban J connectivity index is 4.21. The predicted molar refractivity (Wildman–Crippen MR) is 43.7 cm³/mol. The molecule has 0 amide bonds. The fourth-order valence-electron chi connectivity index (χ4n) is 0.486. The van der Waals surface area contributed by atoms with E-state index < -0.39 is 18.2 Å². The first kappa shape index (κ1) is 11.6. The van der Waals surface area contributed by atoms with Gasteiger partial charge in [-0.2, -0.15) is 0 Å². The molecule has 0 aromatic carbocycles. The highest BCUT2D eigenvalue weighted by Crippen LogP contribution is 2.01. The van der Waals surface area contributed by atoms with Crippen molar-refractivity contribution in [1.29, 1.82) is 0 Å². The van der Waals surface area contributed by atoms with Crippen LogP contribution in [0.25, 0.3) is 0 Å². The second-order valence-electron chi connectivity index (χ2n) is 2.28. The maximum Gasteiger partial charge on any atom is 0.376 e. The number of esters is 2. The summed E-state index contributed by atoms with van der Waals surface area (Å²) in [6, 6.07) is 0. The third kappa shape index (κ3) is 3.71. The molecule has 5 heteroatoms. The minimum absolute atomic E-state index is 0.186. The summed E-state index contributed by atoms with van der Waals surface area (Å²) in [5, 5.41) is 0. The number of methoxy groups -OCH3 is 2. The maximum absolute atomic E-state index is 10.9. The van der Waals surface area contributed by atoms with Crippen molar-refractivity contribution in [2.75, 3.05) is 14.2 Å². The van der Waals surface area contributed by atoms with Crippen molar-refractivity contribution in [1.82, 2.24) is 0 Å². The molecular weight excluding hydrogens is 176 g/mol. The van der Waals surface area contributed by atoms with Gasteiger partial charge in [0.2, 0.25) is 0 Å². The van der Waals surface area contributed by atoms with Crippen LogP contribution in [0, 0.1) is 0 Å². The maximum atomic E-state index is 10.9.